The molecule has 1 aliphatic rings. The molecule has 3 rings (SSSR count). The number of pyridine rings is 1. The number of methoxy groups -OCH3 is 2. The van der Waals surface area contributed by atoms with Crippen LogP contribution in [0.4, 0.5) is 27.8 Å². The predicted molar refractivity (Wildman–Crippen MR) is 107 cm³/mol. The van der Waals surface area contributed by atoms with Gasteiger partial charge in [-0.15, -0.1) is 4.94 Å². The Kier molecular flexibility index (Phi) is 8.52. The van der Waals surface area contributed by atoms with Gasteiger partial charge in [-0.3, -0.25) is 9.29 Å². The molecular formula is C19H19F5N2O5S. The van der Waals surface area contributed by atoms with E-state index in [-0.39, 0.29) is 11.4 Å². The summed E-state index contributed by atoms with van der Waals surface area (Å²) in [6.07, 6.45) is -6.25. The fourth-order valence-electron chi connectivity index (χ4n) is 2.91. The molecule has 32 heavy (non-hydrogen) atoms. The van der Waals surface area contributed by atoms with Gasteiger partial charge >= 0.3 is 6.11 Å². The summed E-state index contributed by atoms with van der Waals surface area (Å²) in [7, 11) is 1.72. The average molecular weight is 482 g/mol. The molecule has 1 aromatic heterocycles. The van der Waals surface area contributed by atoms with Gasteiger partial charge in [0, 0.05) is 26.0 Å². The van der Waals surface area contributed by atoms with Crippen molar-refractivity contribution in [2.75, 3.05) is 32.2 Å². The first kappa shape index (κ1) is 25.5. The van der Waals surface area contributed by atoms with Crippen molar-refractivity contribution in [2.45, 2.75) is 12.5 Å². The summed E-state index contributed by atoms with van der Waals surface area (Å²) in [6.45, 7) is -1.03. The van der Waals surface area contributed by atoms with Crippen LogP contribution in [0.2, 0.25) is 0 Å². The van der Waals surface area contributed by atoms with Crippen LogP contribution >= 0.6 is 0 Å². The summed E-state index contributed by atoms with van der Waals surface area (Å²) >= 11 is 0. The number of aliphatic hydroxyl groups excluding tert-OH is 1. The van der Waals surface area contributed by atoms with Crippen LogP contribution in [0.3, 0.4) is 0 Å². The van der Waals surface area contributed by atoms with E-state index in [1.54, 1.807) is 14.2 Å². The maximum Gasteiger partial charge on any atom is 0.417 e. The fourth-order valence-corrected chi connectivity index (χ4v) is 4.33. The van der Waals surface area contributed by atoms with Crippen molar-refractivity contribution in [3.8, 4) is 5.75 Å². The number of anilines is 1. The van der Waals surface area contributed by atoms with E-state index in [1.165, 1.54) is 24.4 Å². The normalized spacial score (nSPS) is 15.9. The van der Waals surface area contributed by atoms with E-state index >= 15 is 0 Å². The molecule has 1 aliphatic heterocycles. The molecule has 0 bridgehead atoms. The van der Waals surface area contributed by atoms with E-state index in [1.807, 2.05) is 0 Å². The van der Waals surface area contributed by atoms with E-state index in [9.17, 15) is 31.4 Å². The summed E-state index contributed by atoms with van der Waals surface area (Å²) in [5, 5.41) is 10.6. The predicted octanol–water partition coefficient (Wildman–Crippen LogP) is 4.44. The maximum absolute atomic E-state index is 14.2. The minimum absolute atomic E-state index is 0.0784. The minimum Gasteiger partial charge on any atom is -0.504 e. The molecule has 2 aromatic rings. The standard InChI is InChI=1S/C17H13F5N2O4S.C2H6O/c1-27-11-6-2-4-9(13(11)17(20,21)28-22)16-15(25)14-10(5-3-7-23-14)24(29(16)26)8-12(18)19;1-3-2/h2-7,12,25H,8H2,1H3;1-2H3. The molecule has 0 saturated carbocycles. The molecule has 0 aliphatic carbocycles. The maximum atomic E-state index is 14.2. The van der Waals surface area contributed by atoms with Crippen LogP contribution in [-0.2, 0) is 26.8 Å². The number of halogens is 5. The molecule has 0 radical (unpaired) electrons. The van der Waals surface area contributed by atoms with Crippen molar-refractivity contribution >= 4 is 27.3 Å². The van der Waals surface area contributed by atoms with Gasteiger partial charge in [-0.2, -0.15) is 8.78 Å². The molecular weight excluding hydrogens is 463 g/mol. The SMILES string of the molecule is COC.COc1cccc(C2=C(O)c3ncccc3N(CC(F)F)S2=O)c1C(F)(F)OF. The van der Waals surface area contributed by atoms with Crippen molar-refractivity contribution in [2.24, 2.45) is 0 Å². The molecule has 0 saturated heterocycles. The van der Waals surface area contributed by atoms with Crippen LogP contribution in [0.15, 0.2) is 36.5 Å². The largest absolute Gasteiger partial charge is 0.504 e. The lowest BCUT2D eigenvalue weighted by molar-refractivity contribution is -0.364. The van der Waals surface area contributed by atoms with Gasteiger partial charge in [0.05, 0.1) is 19.3 Å². The first-order chi connectivity index (χ1) is 15.1. The second-order valence-electron chi connectivity index (χ2n) is 6.14. The second kappa shape index (κ2) is 10.7. The molecule has 1 N–H and O–H groups in total. The molecule has 176 valence electrons. The summed E-state index contributed by atoms with van der Waals surface area (Å²) in [5.74, 6) is -1.32. The number of hydrogen-bond donors (Lipinski definition) is 1. The van der Waals surface area contributed by atoms with E-state index in [0.29, 0.717) is 4.31 Å². The highest BCUT2D eigenvalue weighted by Gasteiger charge is 2.44. The Labute approximate surface area is 182 Å². The molecule has 1 unspecified atom stereocenters. The Hall–Kier alpha value is -2.77. The highest BCUT2D eigenvalue weighted by atomic mass is 32.2. The van der Waals surface area contributed by atoms with Crippen LogP contribution in [0.1, 0.15) is 16.8 Å². The molecule has 0 amide bonds. The highest BCUT2D eigenvalue weighted by molar-refractivity contribution is 7.96. The van der Waals surface area contributed by atoms with Crippen molar-refractivity contribution in [3.63, 3.8) is 0 Å². The van der Waals surface area contributed by atoms with E-state index in [2.05, 4.69) is 14.7 Å². The molecule has 1 aromatic carbocycles. The van der Waals surface area contributed by atoms with Crippen molar-refractivity contribution in [1.82, 2.24) is 4.98 Å². The quantitative estimate of drug-likeness (QED) is 0.614. The van der Waals surface area contributed by atoms with E-state index < -0.39 is 57.6 Å². The van der Waals surface area contributed by atoms with E-state index in [4.69, 9.17) is 4.74 Å². The molecule has 2 heterocycles. The average Bonchev–Trinajstić information content (AvgIpc) is 2.77. The van der Waals surface area contributed by atoms with Gasteiger partial charge in [-0.25, -0.2) is 13.0 Å². The van der Waals surface area contributed by atoms with Gasteiger partial charge in [0.1, 0.15) is 21.9 Å². The van der Waals surface area contributed by atoms with E-state index in [0.717, 1.165) is 19.2 Å². The van der Waals surface area contributed by atoms with Crippen LogP contribution in [0.25, 0.3) is 10.7 Å². The Balaban J connectivity index is 0.00000114. The number of nitrogens with zero attached hydrogens (tertiary/aromatic N) is 2. The van der Waals surface area contributed by atoms with Crippen LogP contribution < -0.4 is 9.04 Å². The van der Waals surface area contributed by atoms with Crippen molar-refractivity contribution in [3.05, 3.63) is 53.3 Å². The van der Waals surface area contributed by atoms with Gasteiger partial charge in [0.15, 0.2) is 16.7 Å². The van der Waals surface area contributed by atoms with Crippen LogP contribution in [-0.4, -0.2) is 48.6 Å². The third-order valence-corrected chi connectivity index (χ3v) is 5.56. The fraction of sp³-hybridized carbons (Fsp3) is 0.316. The molecule has 0 spiro atoms. The van der Waals surface area contributed by atoms with Gasteiger partial charge in [0.25, 0.3) is 6.43 Å². The zero-order valence-electron chi connectivity index (χ0n) is 17.0. The topological polar surface area (TPSA) is 81.1 Å². The summed E-state index contributed by atoms with van der Waals surface area (Å²) in [6, 6.07) is 5.95. The highest BCUT2D eigenvalue weighted by Crippen LogP contribution is 2.46. The Morgan fingerprint density at radius 1 is 1.19 bits per heavy atom. The lowest BCUT2D eigenvalue weighted by Gasteiger charge is -2.31. The first-order valence-corrected chi connectivity index (χ1v) is 9.86. The van der Waals surface area contributed by atoms with Gasteiger partial charge in [-0.05, 0) is 22.7 Å². The monoisotopic (exact) mass is 482 g/mol. The Bertz CT molecular complexity index is 1010. The van der Waals surface area contributed by atoms with Gasteiger partial charge < -0.3 is 14.6 Å². The van der Waals surface area contributed by atoms with Gasteiger partial charge in [-0.1, -0.05) is 12.1 Å². The third-order valence-electron chi connectivity index (χ3n) is 4.05. The van der Waals surface area contributed by atoms with Crippen molar-refractivity contribution < 1.29 is 45.8 Å². The van der Waals surface area contributed by atoms with Crippen LogP contribution in [0.5, 0.6) is 5.75 Å². The minimum atomic E-state index is -4.54. The second-order valence-corrected chi connectivity index (χ2v) is 7.48. The van der Waals surface area contributed by atoms with Gasteiger partial charge in [0.2, 0.25) is 0 Å². The number of aliphatic hydroxyl groups is 1. The molecule has 7 nitrogen and oxygen atoms in total. The number of ether oxygens (including phenoxy) is 2. The Morgan fingerprint density at radius 2 is 1.84 bits per heavy atom. The summed E-state index contributed by atoms with van der Waals surface area (Å²) in [4.78, 5) is 5.97. The smallest absolute Gasteiger partial charge is 0.417 e. The zero-order valence-corrected chi connectivity index (χ0v) is 17.8. The number of aromatic nitrogens is 1. The summed E-state index contributed by atoms with van der Waals surface area (Å²) in [5.41, 5.74) is -2.11. The number of fused-ring (bicyclic) bond motifs is 1. The lowest BCUT2D eigenvalue weighted by Crippen LogP contribution is -2.35. The third kappa shape index (κ3) is 5.00. The number of alkyl halides is 4. The molecule has 13 heteroatoms. The summed E-state index contributed by atoms with van der Waals surface area (Å²) < 4.78 is 89.9. The first-order valence-electron chi connectivity index (χ1n) is 8.76. The number of benzene rings is 1. The van der Waals surface area contributed by atoms with Crippen LogP contribution in [0, 0.1) is 0 Å². The number of hydrogen-bond acceptors (Lipinski definition) is 6. The Morgan fingerprint density at radius 3 is 2.41 bits per heavy atom. The number of rotatable bonds is 6. The van der Waals surface area contributed by atoms with Crippen molar-refractivity contribution in [1.29, 1.82) is 0 Å². The zero-order chi connectivity index (χ0) is 24.1. The molecule has 1 atom stereocenters. The lowest BCUT2D eigenvalue weighted by atomic mass is 10.0. The molecule has 0 fully saturated rings.